The van der Waals surface area contributed by atoms with E-state index < -0.39 is 175 Å². The lowest BCUT2D eigenvalue weighted by Gasteiger charge is -2.40. The van der Waals surface area contributed by atoms with E-state index in [2.05, 4.69) is 4.74 Å². The topological polar surface area (TPSA) is 492 Å². The van der Waals surface area contributed by atoms with E-state index >= 15 is 0 Å². The number of aliphatic hydroxyl groups is 13. The molecule has 15 unspecified atom stereocenters. The second-order valence-corrected chi connectivity index (χ2v) is 23.4. The maximum atomic E-state index is 13.5. The summed E-state index contributed by atoms with van der Waals surface area (Å²) in [5.74, 6) is -9.99. The summed E-state index contributed by atoms with van der Waals surface area (Å²) in [7, 11) is 0. The van der Waals surface area contributed by atoms with E-state index in [-0.39, 0.29) is 82.0 Å². The summed E-state index contributed by atoms with van der Waals surface area (Å²) in [6.07, 6.45) is -17.5. The van der Waals surface area contributed by atoms with Crippen LogP contribution >= 0.6 is 0 Å². The molecule has 17 N–H and O–H groups in total. The summed E-state index contributed by atoms with van der Waals surface area (Å²) in [6, 6.07) is 10.7. The zero-order valence-electron chi connectivity index (χ0n) is 46.0. The van der Waals surface area contributed by atoms with Gasteiger partial charge in [-0.3, -0.25) is 28.8 Å². The summed E-state index contributed by atoms with van der Waals surface area (Å²) in [5, 5.41) is 175. The molecule has 468 valence electrons. The third-order valence-corrected chi connectivity index (χ3v) is 18.1. The van der Waals surface area contributed by atoms with E-state index in [0.717, 1.165) is 12.1 Å². The first kappa shape index (κ1) is 63.2. The van der Waals surface area contributed by atoms with Gasteiger partial charge in [0.25, 0.3) is 0 Å². The molecule has 5 fully saturated rings. The number of aliphatic carboxylic acids is 2. The number of carboxylic acids is 2. The minimum Gasteiger partial charge on any atom is -0.507 e. The molecule has 4 aromatic rings. The average Bonchev–Trinajstić information content (AvgIpc) is 1.72. The van der Waals surface area contributed by atoms with Gasteiger partial charge in [-0.05, 0) is 120 Å². The number of cyclic esters (lactones) is 2. The Balaban J connectivity index is 0.000000193. The molecule has 4 bridgehead atoms. The van der Waals surface area contributed by atoms with Crippen LogP contribution in [0, 0.1) is 10.8 Å². The molecule has 28 nitrogen and oxygen atoms in total. The number of carbonyl (C=O) groups excluding carboxylic acids is 2. The summed E-state index contributed by atoms with van der Waals surface area (Å²) >= 11 is 0. The largest absolute Gasteiger partial charge is 0.507 e. The second kappa shape index (κ2) is 23.3. The zero-order valence-corrected chi connectivity index (χ0v) is 46.0. The number of carboxylic acid groups (broad SMARTS) is 2. The minimum atomic E-state index is -2.57. The number of fused-ring (bicyclic) bond motifs is 6. The first-order valence-electron chi connectivity index (χ1n) is 27.6. The smallest absolute Gasteiger partial charge is 0.331 e. The van der Waals surface area contributed by atoms with Gasteiger partial charge >= 0.3 is 23.9 Å². The molecule has 3 saturated heterocycles. The van der Waals surface area contributed by atoms with Crippen molar-refractivity contribution in [3.8, 4) is 11.5 Å². The molecule has 3 heterocycles. The van der Waals surface area contributed by atoms with E-state index in [1.807, 2.05) is 0 Å². The Bertz CT molecular complexity index is 3620. The maximum absolute atomic E-state index is 13.5. The van der Waals surface area contributed by atoms with Crippen LogP contribution in [0.3, 0.4) is 0 Å². The Morgan fingerprint density at radius 3 is 1.55 bits per heavy atom. The number of phenolic OH excluding ortho intramolecular Hbond substituents is 2. The molecule has 0 radical (unpaired) electrons. The highest BCUT2D eigenvalue weighted by atomic mass is 16.7. The number of esters is 2. The predicted molar refractivity (Wildman–Crippen MR) is 292 cm³/mol. The van der Waals surface area contributed by atoms with Gasteiger partial charge in [-0.25, -0.2) is 0 Å². The normalized spacial score (nSPS) is 31.8. The van der Waals surface area contributed by atoms with Crippen LogP contribution in [0.15, 0.2) is 69.3 Å². The Labute approximate surface area is 490 Å². The fourth-order valence-electron chi connectivity index (χ4n) is 13.0. The summed E-state index contributed by atoms with van der Waals surface area (Å²) in [4.78, 5) is 77.5. The van der Waals surface area contributed by atoms with Crippen molar-refractivity contribution in [3.63, 3.8) is 0 Å². The molecule has 7 aliphatic rings. The molecule has 0 amide bonds. The number of aromatic hydroxyl groups is 2. The van der Waals surface area contributed by atoms with Crippen LogP contribution in [0.5, 0.6) is 11.5 Å². The number of ether oxygens (including phenoxy) is 5. The molecule has 11 rings (SSSR count). The Hall–Kier alpha value is -6.78. The van der Waals surface area contributed by atoms with Crippen LogP contribution < -0.4 is 10.9 Å². The molecule has 15 atom stereocenters. The van der Waals surface area contributed by atoms with Crippen molar-refractivity contribution in [1.82, 2.24) is 0 Å². The van der Waals surface area contributed by atoms with Crippen molar-refractivity contribution < 1.29 is 130 Å². The van der Waals surface area contributed by atoms with E-state index in [1.54, 1.807) is 12.1 Å². The van der Waals surface area contributed by atoms with Gasteiger partial charge in [0.15, 0.2) is 34.3 Å². The highest BCUT2D eigenvalue weighted by Crippen LogP contribution is 2.52. The monoisotopic (exact) mass is 1220 g/mol. The van der Waals surface area contributed by atoms with Crippen LogP contribution in [-0.4, -0.2) is 222 Å². The van der Waals surface area contributed by atoms with E-state index in [0.29, 0.717) is 27.8 Å². The average molecular weight is 1220 g/mol. The molecular formula is C59H64O28. The molecule has 3 aliphatic heterocycles. The van der Waals surface area contributed by atoms with Gasteiger partial charge in [0.05, 0.1) is 43.3 Å². The third kappa shape index (κ3) is 10.6. The number of rotatable bonds is 16. The van der Waals surface area contributed by atoms with Crippen molar-refractivity contribution in [2.24, 2.45) is 10.8 Å². The molecule has 4 aliphatic carbocycles. The summed E-state index contributed by atoms with van der Waals surface area (Å²) in [5.41, 5.74) is -5.19. The maximum Gasteiger partial charge on any atom is 0.331 e. The molecule has 4 aromatic carbocycles. The van der Waals surface area contributed by atoms with E-state index in [1.165, 1.54) is 43.3 Å². The number of phenols is 2. The van der Waals surface area contributed by atoms with Gasteiger partial charge in [-0.15, -0.1) is 0 Å². The lowest BCUT2D eigenvalue weighted by molar-refractivity contribution is -0.302. The number of benzene rings is 2. The van der Waals surface area contributed by atoms with Gasteiger partial charge in [0, 0.05) is 22.6 Å². The van der Waals surface area contributed by atoms with E-state index in [9.17, 15) is 116 Å². The highest BCUT2D eigenvalue weighted by Gasteiger charge is 2.59. The van der Waals surface area contributed by atoms with E-state index in [4.69, 9.17) is 18.9 Å². The quantitative estimate of drug-likeness (QED) is 0.0293. The molecule has 87 heavy (non-hydrogen) atoms. The van der Waals surface area contributed by atoms with Crippen LogP contribution in [0.25, 0.3) is 33.7 Å². The Morgan fingerprint density at radius 2 is 1.06 bits per heavy atom. The van der Waals surface area contributed by atoms with Crippen LogP contribution in [0.4, 0.5) is 0 Å². The molecule has 28 heteroatoms. The first-order chi connectivity index (χ1) is 40.9. The summed E-state index contributed by atoms with van der Waals surface area (Å²) in [6.45, 7) is -0.977. The van der Waals surface area contributed by atoms with Gasteiger partial charge in [0.2, 0.25) is 5.79 Å². The fourth-order valence-corrected chi connectivity index (χ4v) is 13.0. The van der Waals surface area contributed by atoms with Crippen LogP contribution in [0.2, 0.25) is 0 Å². The van der Waals surface area contributed by atoms with Gasteiger partial charge in [-0.2, -0.15) is 0 Å². The number of hydrogen-bond acceptors (Lipinski definition) is 26. The number of hydrogen-bond donors (Lipinski definition) is 17. The number of carbonyl (C=O) groups is 4. The Morgan fingerprint density at radius 1 is 0.598 bits per heavy atom. The molecule has 0 spiro atoms. The molecule has 2 saturated carbocycles. The lowest BCUT2D eigenvalue weighted by atomic mass is 9.75. The molecular weight excluding hydrogens is 1160 g/mol. The van der Waals surface area contributed by atoms with Gasteiger partial charge < -0.3 is 110 Å². The van der Waals surface area contributed by atoms with Crippen LogP contribution in [-0.2, 0) is 55.7 Å². The predicted octanol–water partition coefficient (Wildman–Crippen LogP) is -3.54. The lowest BCUT2D eigenvalue weighted by Crippen LogP contribution is -2.59. The van der Waals surface area contributed by atoms with Crippen molar-refractivity contribution in [1.29, 1.82) is 0 Å². The summed E-state index contributed by atoms with van der Waals surface area (Å²) < 4.78 is 26.0. The van der Waals surface area contributed by atoms with Crippen molar-refractivity contribution in [2.45, 2.75) is 142 Å². The highest BCUT2D eigenvalue weighted by molar-refractivity contribution is 6.14. The number of aliphatic hydroxyl groups excluding tert-OH is 10. The van der Waals surface area contributed by atoms with Crippen LogP contribution in [0.1, 0.15) is 77.8 Å². The second-order valence-electron chi connectivity index (χ2n) is 23.4. The fraction of sp³-hybridized carbons (Fsp3) is 0.492. The standard InChI is InChI=1S/C30H34O14.C29H30O14/c1-29(42)14-8-13-6-12(7-18(33)21-17(32)3-2-15(20(13)21)16(9-14)25(29)37)10-30(27(38)39,28(40)41)4-5-43-26-24(36)23(35)22(34)19(11-31)44-26;30-10-18-21(33)22(34)23(35)25(42-18)41-4-3-28(26(37)43-27(28)38)9-11-5-12-7-13-8-15(24(36)29(13,39)40)14-1-2-16(31)20(19(12)14)17(32)6-11/h2-3,6-8,16,19,22-26,31-32,34-37,42H,4-5,9-11H2,1H3,(H,38,39)(H,40,41);1-2,5-7,15,18,21-25,30-31,33-36,39-40H,3-4,8-10H2. The van der Waals surface area contributed by atoms with Crippen molar-refractivity contribution >= 4 is 57.6 Å². The van der Waals surface area contributed by atoms with Crippen molar-refractivity contribution in [3.05, 3.63) is 114 Å². The molecule has 0 aromatic heterocycles. The Kier molecular flexibility index (Phi) is 16.9. The SMILES string of the molecule is CC1(O)C2=Cc3cc(CC(CCOC4OC(CO)C(O)C(O)C4O)(C(=O)O)C(=O)O)cc(=O)c4c(O)ccc(c34)C(C2)C1O.O=C1OC(=O)C1(CCOC1OC(CO)C(O)C(O)C1O)Cc1cc2c3c(ccc(O)c3c(=O)c1)C1CC(=C2)C(O)(O)C1O. The van der Waals surface area contributed by atoms with Crippen molar-refractivity contribution in [2.75, 3.05) is 26.4 Å². The zero-order chi connectivity index (χ0) is 63.3. The van der Waals surface area contributed by atoms with Gasteiger partial charge in [-0.1, -0.05) is 30.3 Å². The minimum absolute atomic E-state index is 0.0148. The first-order valence-corrected chi connectivity index (χ1v) is 27.6. The third-order valence-electron chi connectivity index (χ3n) is 18.1. The van der Waals surface area contributed by atoms with Gasteiger partial charge in [0.1, 0.15) is 72.0 Å².